The van der Waals surface area contributed by atoms with E-state index in [2.05, 4.69) is 51.0 Å². The summed E-state index contributed by atoms with van der Waals surface area (Å²) in [6.45, 7) is 9.04. The lowest BCUT2D eigenvalue weighted by Gasteiger charge is -2.32. The van der Waals surface area contributed by atoms with Gasteiger partial charge in [0.05, 0.1) is 0 Å². The minimum Gasteiger partial charge on any atom is -0.314 e. The highest BCUT2D eigenvalue weighted by Gasteiger charge is 2.19. The second kappa shape index (κ2) is 7.36. The van der Waals surface area contributed by atoms with Crippen LogP contribution in [-0.2, 0) is 6.54 Å². The molecule has 1 fully saturated rings. The lowest BCUT2D eigenvalue weighted by molar-refractivity contribution is 0.174. The Morgan fingerprint density at radius 1 is 1.37 bits per heavy atom. The van der Waals surface area contributed by atoms with Gasteiger partial charge in [-0.05, 0) is 66.0 Å². The summed E-state index contributed by atoms with van der Waals surface area (Å²) in [4.78, 5) is 6.77. The Bertz CT molecular complexity index is 387. The zero-order valence-electron chi connectivity index (χ0n) is 11.9. The Labute approximate surface area is 124 Å². The van der Waals surface area contributed by atoms with Gasteiger partial charge in [-0.15, -0.1) is 0 Å². The average Bonchev–Trinajstić information content (AvgIpc) is 2.38. The first-order valence-electron chi connectivity index (χ1n) is 7.18. The molecule has 2 rings (SSSR count). The van der Waals surface area contributed by atoms with Crippen LogP contribution in [-0.4, -0.2) is 35.6 Å². The summed E-state index contributed by atoms with van der Waals surface area (Å²) in [6.07, 6.45) is 6.42. The molecule has 2 heterocycles. The number of nitrogens with zero attached hydrogens (tertiary/aromatic N) is 2. The van der Waals surface area contributed by atoms with E-state index in [1.807, 2.05) is 12.4 Å². The van der Waals surface area contributed by atoms with E-state index in [-0.39, 0.29) is 0 Å². The Morgan fingerprint density at radius 3 is 2.74 bits per heavy atom. The second-order valence-electron chi connectivity index (χ2n) is 5.79. The number of hydrogen-bond acceptors (Lipinski definition) is 3. The summed E-state index contributed by atoms with van der Waals surface area (Å²) in [5, 5.41) is 3.55. The van der Waals surface area contributed by atoms with Crippen molar-refractivity contribution in [3.8, 4) is 0 Å². The molecule has 1 aromatic rings. The van der Waals surface area contributed by atoms with E-state index < -0.39 is 0 Å². The Morgan fingerprint density at radius 2 is 2.11 bits per heavy atom. The third-order valence-corrected chi connectivity index (χ3v) is 4.12. The Hall–Kier alpha value is -0.450. The zero-order valence-corrected chi connectivity index (χ0v) is 13.5. The topological polar surface area (TPSA) is 28.2 Å². The number of likely N-dealkylation sites (tertiary alicyclic amines) is 1. The van der Waals surface area contributed by atoms with Gasteiger partial charge in [0.25, 0.3) is 0 Å². The van der Waals surface area contributed by atoms with E-state index in [9.17, 15) is 0 Å². The smallest absolute Gasteiger partial charge is 0.0410 e. The first-order chi connectivity index (χ1) is 9.13. The Balaban J connectivity index is 1.74. The van der Waals surface area contributed by atoms with Crippen molar-refractivity contribution < 1.29 is 0 Å². The van der Waals surface area contributed by atoms with Crippen LogP contribution in [0.15, 0.2) is 22.9 Å². The lowest BCUT2D eigenvalue weighted by Crippen LogP contribution is -2.38. The van der Waals surface area contributed by atoms with Crippen molar-refractivity contribution in [3.63, 3.8) is 0 Å². The molecule has 106 valence electrons. The van der Waals surface area contributed by atoms with Crippen LogP contribution in [0.5, 0.6) is 0 Å². The predicted molar refractivity (Wildman–Crippen MR) is 83.1 cm³/mol. The SMILES string of the molecule is CC(C)NCC1CCN(Cc2cncc(Br)c2)CC1. The van der Waals surface area contributed by atoms with Gasteiger partial charge < -0.3 is 5.32 Å². The molecule has 0 aromatic carbocycles. The van der Waals surface area contributed by atoms with Gasteiger partial charge in [0, 0.05) is 29.5 Å². The van der Waals surface area contributed by atoms with E-state index in [4.69, 9.17) is 0 Å². The molecule has 0 unspecified atom stereocenters. The number of nitrogens with one attached hydrogen (secondary N) is 1. The van der Waals surface area contributed by atoms with Gasteiger partial charge >= 0.3 is 0 Å². The first kappa shape index (κ1) is 14.9. The van der Waals surface area contributed by atoms with Crippen molar-refractivity contribution in [1.29, 1.82) is 0 Å². The van der Waals surface area contributed by atoms with Crippen molar-refractivity contribution in [2.24, 2.45) is 5.92 Å². The molecule has 0 atom stereocenters. The molecule has 1 aromatic heterocycles. The molecule has 0 spiro atoms. The largest absolute Gasteiger partial charge is 0.314 e. The van der Waals surface area contributed by atoms with Crippen LogP contribution >= 0.6 is 15.9 Å². The van der Waals surface area contributed by atoms with E-state index in [0.717, 1.165) is 16.9 Å². The number of halogens is 1. The molecule has 0 amide bonds. The van der Waals surface area contributed by atoms with Crippen LogP contribution < -0.4 is 5.32 Å². The zero-order chi connectivity index (χ0) is 13.7. The van der Waals surface area contributed by atoms with Crippen molar-refractivity contribution in [1.82, 2.24) is 15.2 Å². The molecule has 1 N–H and O–H groups in total. The fraction of sp³-hybridized carbons (Fsp3) is 0.667. The number of rotatable bonds is 5. The maximum Gasteiger partial charge on any atom is 0.0410 e. The highest BCUT2D eigenvalue weighted by Crippen LogP contribution is 2.19. The summed E-state index contributed by atoms with van der Waals surface area (Å²) < 4.78 is 1.07. The highest BCUT2D eigenvalue weighted by molar-refractivity contribution is 9.10. The number of piperidine rings is 1. The number of hydrogen-bond donors (Lipinski definition) is 1. The van der Waals surface area contributed by atoms with Gasteiger partial charge in [-0.1, -0.05) is 13.8 Å². The minimum atomic E-state index is 0.603. The van der Waals surface area contributed by atoms with E-state index in [1.54, 1.807) is 0 Å². The molecule has 0 aliphatic carbocycles. The highest BCUT2D eigenvalue weighted by atomic mass is 79.9. The van der Waals surface area contributed by atoms with Crippen LogP contribution in [0.25, 0.3) is 0 Å². The minimum absolute atomic E-state index is 0.603. The molecule has 0 bridgehead atoms. The second-order valence-corrected chi connectivity index (χ2v) is 6.71. The van der Waals surface area contributed by atoms with Gasteiger partial charge in [0.15, 0.2) is 0 Å². The third kappa shape index (κ3) is 5.21. The predicted octanol–water partition coefficient (Wildman–Crippen LogP) is 3.05. The van der Waals surface area contributed by atoms with E-state index in [0.29, 0.717) is 6.04 Å². The summed E-state index contributed by atoms with van der Waals surface area (Å²) >= 11 is 3.48. The van der Waals surface area contributed by atoms with Crippen LogP contribution in [0.1, 0.15) is 32.3 Å². The van der Waals surface area contributed by atoms with Gasteiger partial charge in [-0.25, -0.2) is 0 Å². The Kier molecular flexibility index (Phi) is 5.79. The van der Waals surface area contributed by atoms with Crippen molar-refractivity contribution >= 4 is 15.9 Å². The fourth-order valence-corrected chi connectivity index (χ4v) is 2.96. The monoisotopic (exact) mass is 325 g/mol. The number of pyridine rings is 1. The molecule has 19 heavy (non-hydrogen) atoms. The molecule has 1 saturated heterocycles. The summed E-state index contributed by atoms with van der Waals surface area (Å²) in [7, 11) is 0. The normalized spacial score (nSPS) is 18.1. The molecule has 3 nitrogen and oxygen atoms in total. The van der Waals surface area contributed by atoms with Crippen LogP contribution in [0, 0.1) is 5.92 Å². The van der Waals surface area contributed by atoms with Crippen LogP contribution in [0.2, 0.25) is 0 Å². The van der Waals surface area contributed by atoms with Crippen molar-refractivity contribution in [3.05, 3.63) is 28.5 Å². The molecule has 1 aliphatic heterocycles. The van der Waals surface area contributed by atoms with Crippen LogP contribution in [0.4, 0.5) is 0 Å². The molecular weight excluding hydrogens is 302 g/mol. The molecule has 1 aliphatic rings. The van der Waals surface area contributed by atoms with Gasteiger partial charge in [-0.3, -0.25) is 9.88 Å². The summed E-state index contributed by atoms with van der Waals surface area (Å²) in [6, 6.07) is 2.77. The van der Waals surface area contributed by atoms with Crippen molar-refractivity contribution in [2.45, 2.75) is 39.3 Å². The van der Waals surface area contributed by atoms with Gasteiger partial charge in [-0.2, -0.15) is 0 Å². The molecule has 0 radical (unpaired) electrons. The molecule has 4 heteroatoms. The van der Waals surface area contributed by atoms with E-state index in [1.165, 1.54) is 38.0 Å². The van der Waals surface area contributed by atoms with Crippen molar-refractivity contribution in [2.75, 3.05) is 19.6 Å². The van der Waals surface area contributed by atoms with Crippen LogP contribution in [0.3, 0.4) is 0 Å². The summed E-state index contributed by atoms with van der Waals surface area (Å²) in [5.74, 6) is 0.847. The standard InChI is InChI=1S/C15H24BrN3/c1-12(2)18-9-13-3-5-19(6-4-13)11-14-7-15(16)10-17-8-14/h7-8,10,12-13,18H,3-6,9,11H2,1-2H3. The third-order valence-electron chi connectivity index (χ3n) is 3.69. The maximum atomic E-state index is 4.23. The average molecular weight is 326 g/mol. The quantitative estimate of drug-likeness (QED) is 0.901. The van der Waals surface area contributed by atoms with Gasteiger partial charge in [0.2, 0.25) is 0 Å². The van der Waals surface area contributed by atoms with E-state index >= 15 is 0 Å². The molecule has 0 saturated carbocycles. The number of aromatic nitrogens is 1. The lowest BCUT2D eigenvalue weighted by atomic mass is 9.96. The molecular formula is C15H24BrN3. The fourth-order valence-electron chi connectivity index (χ4n) is 2.55. The van der Waals surface area contributed by atoms with Gasteiger partial charge in [0.1, 0.15) is 0 Å². The summed E-state index contributed by atoms with van der Waals surface area (Å²) in [5.41, 5.74) is 1.30. The first-order valence-corrected chi connectivity index (χ1v) is 7.98. The maximum absolute atomic E-state index is 4.23.